The molecule has 1 aliphatic heterocycles. The van der Waals surface area contributed by atoms with Crippen molar-refractivity contribution in [3.63, 3.8) is 0 Å². The Morgan fingerprint density at radius 3 is 2.94 bits per heavy atom. The van der Waals surface area contributed by atoms with E-state index in [2.05, 4.69) is 4.72 Å². The number of benzene rings is 1. The molecule has 0 spiro atoms. The molecule has 1 heterocycles. The summed E-state index contributed by atoms with van der Waals surface area (Å²) in [5.74, 6) is 0.00123. The fourth-order valence-corrected chi connectivity index (χ4v) is 3.39. The van der Waals surface area contributed by atoms with Crippen LogP contribution in [0.5, 0.6) is 0 Å². The zero-order valence-electron chi connectivity index (χ0n) is 10.3. The third kappa shape index (κ3) is 3.14. The van der Waals surface area contributed by atoms with Crippen molar-refractivity contribution in [2.24, 2.45) is 0 Å². The molecule has 1 aromatic rings. The van der Waals surface area contributed by atoms with Gasteiger partial charge in [0, 0.05) is 12.3 Å². The molecule has 1 fully saturated rings. The van der Waals surface area contributed by atoms with Crippen LogP contribution >= 0.6 is 0 Å². The second-order valence-electron chi connectivity index (χ2n) is 4.54. The van der Waals surface area contributed by atoms with Gasteiger partial charge in [-0.1, -0.05) is 6.07 Å². The molecule has 0 saturated carbocycles. The van der Waals surface area contributed by atoms with Crippen molar-refractivity contribution in [2.45, 2.75) is 25.9 Å². The minimum Gasteiger partial charge on any atom is -0.398 e. The van der Waals surface area contributed by atoms with Gasteiger partial charge in [-0.15, -0.1) is 0 Å². The van der Waals surface area contributed by atoms with Gasteiger partial charge in [0.1, 0.15) is 0 Å². The van der Waals surface area contributed by atoms with Gasteiger partial charge in [-0.05, 0) is 37.5 Å². The van der Waals surface area contributed by atoms with Gasteiger partial charge in [0.05, 0.1) is 17.5 Å². The van der Waals surface area contributed by atoms with Gasteiger partial charge in [0.25, 0.3) is 0 Å². The van der Waals surface area contributed by atoms with E-state index in [4.69, 9.17) is 10.5 Å². The molecule has 0 aliphatic carbocycles. The number of rotatable bonds is 4. The minimum absolute atomic E-state index is 0.00123. The highest BCUT2D eigenvalue weighted by Crippen LogP contribution is 2.22. The maximum Gasteiger partial charge on any atom is 0.235 e. The molecule has 18 heavy (non-hydrogen) atoms. The van der Waals surface area contributed by atoms with Crippen LogP contribution in [-0.2, 0) is 14.8 Å². The van der Waals surface area contributed by atoms with Crippen molar-refractivity contribution in [2.75, 3.05) is 22.8 Å². The molecule has 6 heteroatoms. The van der Waals surface area contributed by atoms with Gasteiger partial charge in [-0.3, -0.25) is 4.72 Å². The summed E-state index contributed by atoms with van der Waals surface area (Å²) in [6.45, 7) is 2.44. The van der Waals surface area contributed by atoms with Gasteiger partial charge < -0.3 is 10.5 Å². The summed E-state index contributed by atoms with van der Waals surface area (Å²) >= 11 is 0. The fourth-order valence-electron chi connectivity index (χ4n) is 1.99. The molecule has 1 atom stereocenters. The van der Waals surface area contributed by atoms with Crippen molar-refractivity contribution < 1.29 is 13.2 Å². The molecule has 0 bridgehead atoms. The number of anilines is 2. The van der Waals surface area contributed by atoms with E-state index in [0.717, 1.165) is 18.4 Å². The summed E-state index contributed by atoms with van der Waals surface area (Å²) in [4.78, 5) is 0. The quantitative estimate of drug-likeness (QED) is 0.812. The van der Waals surface area contributed by atoms with Crippen molar-refractivity contribution in [3.05, 3.63) is 23.8 Å². The number of sulfonamides is 1. The summed E-state index contributed by atoms with van der Waals surface area (Å²) in [6.07, 6.45) is 1.54. The van der Waals surface area contributed by atoms with Crippen LogP contribution < -0.4 is 10.5 Å². The molecule has 1 unspecified atom stereocenters. The molecule has 2 rings (SSSR count). The van der Waals surface area contributed by atoms with Crippen molar-refractivity contribution in [1.82, 2.24) is 0 Å². The van der Waals surface area contributed by atoms with E-state index < -0.39 is 10.0 Å². The summed E-state index contributed by atoms with van der Waals surface area (Å²) in [5.41, 5.74) is 7.60. The highest BCUT2D eigenvalue weighted by molar-refractivity contribution is 7.92. The summed E-state index contributed by atoms with van der Waals surface area (Å²) in [6, 6.07) is 5.18. The molecule has 100 valence electrons. The average molecular weight is 270 g/mol. The molecular formula is C12H18N2O3S. The van der Waals surface area contributed by atoms with Crippen LogP contribution in [0.15, 0.2) is 18.2 Å². The fraction of sp³-hybridized carbons (Fsp3) is 0.500. The normalized spacial score (nSPS) is 19.9. The molecule has 1 aromatic carbocycles. The molecule has 0 radical (unpaired) electrons. The Labute approximate surface area is 107 Å². The minimum atomic E-state index is -3.39. The lowest BCUT2D eigenvalue weighted by Gasteiger charge is -2.14. The third-order valence-electron chi connectivity index (χ3n) is 3.07. The smallest absolute Gasteiger partial charge is 0.235 e. The summed E-state index contributed by atoms with van der Waals surface area (Å²) < 4.78 is 31.9. The first kappa shape index (κ1) is 13.2. The first-order valence-corrected chi connectivity index (χ1v) is 7.60. The van der Waals surface area contributed by atoms with E-state index in [0.29, 0.717) is 18.0 Å². The zero-order valence-corrected chi connectivity index (χ0v) is 11.2. The maximum absolute atomic E-state index is 12.0. The number of hydrogen-bond acceptors (Lipinski definition) is 4. The van der Waals surface area contributed by atoms with Crippen LogP contribution in [0, 0.1) is 6.92 Å². The van der Waals surface area contributed by atoms with E-state index in [1.165, 1.54) is 0 Å². The number of nitrogens with two attached hydrogens (primary N) is 1. The maximum atomic E-state index is 12.0. The lowest BCUT2D eigenvalue weighted by atomic mass is 10.2. The molecule has 0 amide bonds. The van der Waals surface area contributed by atoms with Crippen molar-refractivity contribution in [1.29, 1.82) is 0 Å². The van der Waals surface area contributed by atoms with E-state index in [1.54, 1.807) is 25.1 Å². The molecule has 0 aromatic heterocycles. The Balaban J connectivity index is 2.09. The number of hydrogen-bond donors (Lipinski definition) is 2. The lowest BCUT2D eigenvalue weighted by Crippen LogP contribution is -2.26. The molecule has 3 N–H and O–H groups in total. The van der Waals surface area contributed by atoms with Crippen LogP contribution in [0.3, 0.4) is 0 Å². The predicted molar refractivity (Wildman–Crippen MR) is 72.0 cm³/mol. The van der Waals surface area contributed by atoms with E-state index >= 15 is 0 Å². The van der Waals surface area contributed by atoms with Gasteiger partial charge in [0.2, 0.25) is 10.0 Å². The Morgan fingerprint density at radius 2 is 2.28 bits per heavy atom. The summed E-state index contributed by atoms with van der Waals surface area (Å²) in [7, 11) is -3.39. The first-order chi connectivity index (χ1) is 8.48. The van der Waals surface area contributed by atoms with Gasteiger partial charge >= 0.3 is 0 Å². The van der Waals surface area contributed by atoms with E-state index in [1.807, 2.05) is 0 Å². The zero-order chi connectivity index (χ0) is 13.2. The van der Waals surface area contributed by atoms with Gasteiger partial charge in [0.15, 0.2) is 0 Å². The van der Waals surface area contributed by atoms with Crippen LogP contribution in [0.1, 0.15) is 18.4 Å². The third-order valence-corrected chi connectivity index (χ3v) is 4.41. The largest absolute Gasteiger partial charge is 0.398 e. The molecule has 5 nitrogen and oxygen atoms in total. The predicted octanol–water partition coefficient (Wildman–Crippen LogP) is 1.50. The van der Waals surface area contributed by atoms with Crippen molar-refractivity contribution >= 4 is 21.4 Å². The Morgan fingerprint density at radius 1 is 1.50 bits per heavy atom. The number of nitrogens with one attached hydrogen (secondary N) is 1. The molecule has 1 aliphatic rings. The summed E-state index contributed by atoms with van der Waals surface area (Å²) in [5, 5.41) is 0. The van der Waals surface area contributed by atoms with Gasteiger partial charge in [-0.25, -0.2) is 8.42 Å². The van der Waals surface area contributed by atoms with E-state index in [-0.39, 0.29) is 11.9 Å². The lowest BCUT2D eigenvalue weighted by molar-refractivity contribution is 0.127. The number of ether oxygens (including phenoxy) is 1. The van der Waals surface area contributed by atoms with E-state index in [9.17, 15) is 8.42 Å². The highest BCUT2D eigenvalue weighted by Gasteiger charge is 2.23. The Kier molecular flexibility index (Phi) is 3.77. The van der Waals surface area contributed by atoms with Crippen LogP contribution in [0.25, 0.3) is 0 Å². The topological polar surface area (TPSA) is 81.4 Å². The monoisotopic (exact) mass is 270 g/mol. The average Bonchev–Trinajstić information content (AvgIpc) is 2.76. The van der Waals surface area contributed by atoms with Crippen LogP contribution in [0.2, 0.25) is 0 Å². The SMILES string of the molecule is Cc1c(N)cccc1NS(=O)(=O)CC1CCCO1. The Hall–Kier alpha value is -1.27. The first-order valence-electron chi connectivity index (χ1n) is 5.95. The van der Waals surface area contributed by atoms with Crippen molar-refractivity contribution in [3.8, 4) is 0 Å². The van der Waals surface area contributed by atoms with Gasteiger partial charge in [-0.2, -0.15) is 0 Å². The van der Waals surface area contributed by atoms with Crippen LogP contribution in [0.4, 0.5) is 11.4 Å². The van der Waals surface area contributed by atoms with Crippen LogP contribution in [-0.4, -0.2) is 26.9 Å². The standard InChI is InChI=1S/C12H18N2O3S/c1-9-11(13)5-2-6-12(9)14-18(15,16)8-10-4-3-7-17-10/h2,5-6,10,14H,3-4,7-8,13H2,1H3. The highest BCUT2D eigenvalue weighted by atomic mass is 32.2. The molecule has 1 saturated heterocycles. The molecular weight excluding hydrogens is 252 g/mol. The Bertz CT molecular complexity index is 522. The second-order valence-corrected chi connectivity index (χ2v) is 6.31. The second kappa shape index (κ2) is 5.16. The number of nitrogen functional groups attached to an aromatic ring is 1.